The van der Waals surface area contributed by atoms with Gasteiger partial charge in [-0.25, -0.2) is 0 Å². The second-order valence-corrected chi connectivity index (χ2v) is 4.21. The van der Waals surface area contributed by atoms with Crippen molar-refractivity contribution in [1.29, 1.82) is 5.26 Å². The van der Waals surface area contributed by atoms with Gasteiger partial charge in [-0.2, -0.15) is 5.26 Å². The molecule has 0 atom stereocenters. The number of hydrogen-bond acceptors (Lipinski definition) is 4. The first kappa shape index (κ1) is 13.8. The zero-order valence-corrected chi connectivity index (χ0v) is 11.6. The van der Waals surface area contributed by atoms with Crippen LogP contribution >= 0.6 is 0 Å². The van der Waals surface area contributed by atoms with E-state index in [2.05, 4.69) is 6.07 Å². The standard InChI is InChI=1S/C16H15NO3/c1-11-7-8-13(12(9-11)10-17)20-16-14(18-2)5-4-6-15(16)19-3/h4-9H,1-3H3. The summed E-state index contributed by atoms with van der Waals surface area (Å²) in [6.45, 7) is 1.92. The number of ether oxygens (including phenoxy) is 3. The van der Waals surface area contributed by atoms with Gasteiger partial charge in [0.05, 0.1) is 19.8 Å². The lowest BCUT2D eigenvalue weighted by atomic mass is 10.1. The maximum Gasteiger partial charge on any atom is 0.211 e. The van der Waals surface area contributed by atoms with E-state index in [0.717, 1.165) is 5.56 Å². The Morgan fingerprint density at radius 1 is 0.950 bits per heavy atom. The average molecular weight is 269 g/mol. The molecule has 0 N–H and O–H groups in total. The molecule has 2 aromatic rings. The van der Waals surface area contributed by atoms with E-state index in [9.17, 15) is 5.26 Å². The number of hydrogen-bond donors (Lipinski definition) is 0. The van der Waals surface area contributed by atoms with Crippen LogP contribution in [0.3, 0.4) is 0 Å². The van der Waals surface area contributed by atoms with Crippen molar-refractivity contribution in [3.63, 3.8) is 0 Å². The normalized spacial score (nSPS) is 9.70. The van der Waals surface area contributed by atoms with Crippen molar-refractivity contribution < 1.29 is 14.2 Å². The lowest BCUT2D eigenvalue weighted by molar-refractivity contribution is 0.346. The van der Waals surface area contributed by atoms with Crippen LogP contribution in [0.2, 0.25) is 0 Å². The third-order valence-corrected chi connectivity index (χ3v) is 2.85. The largest absolute Gasteiger partial charge is 0.493 e. The molecule has 0 aliphatic rings. The zero-order chi connectivity index (χ0) is 14.5. The summed E-state index contributed by atoms with van der Waals surface area (Å²) < 4.78 is 16.4. The summed E-state index contributed by atoms with van der Waals surface area (Å²) >= 11 is 0. The van der Waals surface area contributed by atoms with Crippen molar-refractivity contribution in [2.45, 2.75) is 6.92 Å². The molecule has 0 saturated heterocycles. The van der Waals surface area contributed by atoms with Crippen LogP contribution in [0.25, 0.3) is 0 Å². The number of aryl methyl sites for hydroxylation is 1. The molecule has 2 aromatic carbocycles. The van der Waals surface area contributed by atoms with Crippen LogP contribution in [0.5, 0.6) is 23.0 Å². The van der Waals surface area contributed by atoms with Crippen molar-refractivity contribution in [2.24, 2.45) is 0 Å². The molecule has 0 saturated carbocycles. The number of nitrogens with zero attached hydrogens (tertiary/aromatic N) is 1. The molecular formula is C16H15NO3. The molecule has 0 fully saturated rings. The van der Waals surface area contributed by atoms with Crippen molar-refractivity contribution in [3.8, 4) is 29.1 Å². The first-order chi connectivity index (χ1) is 9.69. The number of rotatable bonds is 4. The summed E-state index contributed by atoms with van der Waals surface area (Å²) in [6, 6.07) is 12.9. The summed E-state index contributed by atoms with van der Waals surface area (Å²) in [5.74, 6) is 2.03. The number of para-hydroxylation sites is 1. The van der Waals surface area contributed by atoms with Crippen molar-refractivity contribution in [2.75, 3.05) is 14.2 Å². The maximum atomic E-state index is 9.18. The Hall–Kier alpha value is -2.67. The van der Waals surface area contributed by atoms with E-state index in [0.29, 0.717) is 28.6 Å². The first-order valence-electron chi connectivity index (χ1n) is 6.09. The van der Waals surface area contributed by atoms with Gasteiger partial charge in [0.15, 0.2) is 11.5 Å². The molecule has 0 aliphatic carbocycles. The van der Waals surface area contributed by atoms with Gasteiger partial charge in [0.1, 0.15) is 11.8 Å². The molecule has 0 aromatic heterocycles. The fourth-order valence-electron chi connectivity index (χ4n) is 1.85. The van der Waals surface area contributed by atoms with Gasteiger partial charge in [-0.1, -0.05) is 12.1 Å². The van der Waals surface area contributed by atoms with Gasteiger partial charge < -0.3 is 14.2 Å². The third kappa shape index (κ3) is 2.67. The number of nitriles is 1. The minimum Gasteiger partial charge on any atom is -0.493 e. The van der Waals surface area contributed by atoms with Gasteiger partial charge in [0.2, 0.25) is 5.75 Å². The van der Waals surface area contributed by atoms with Gasteiger partial charge >= 0.3 is 0 Å². The first-order valence-corrected chi connectivity index (χ1v) is 6.09. The van der Waals surface area contributed by atoms with Gasteiger partial charge in [0.25, 0.3) is 0 Å². The van der Waals surface area contributed by atoms with E-state index in [4.69, 9.17) is 14.2 Å². The zero-order valence-electron chi connectivity index (χ0n) is 11.6. The molecule has 0 amide bonds. The minimum absolute atomic E-state index is 0.456. The summed E-state index contributed by atoms with van der Waals surface area (Å²) in [5.41, 5.74) is 1.47. The molecular weight excluding hydrogens is 254 g/mol. The smallest absolute Gasteiger partial charge is 0.211 e. The number of benzene rings is 2. The molecule has 2 rings (SSSR count). The molecule has 0 aliphatic heterocycles. The van der Waals surface area contributed by atoms with Crippen LogP contribution in [-0.4, -0.2) is 14.2 Å². The maximum absolute atomic E-state index is 9.18. The Morgan fingerprint density at radius 3 is 2.15 bits per heavy atom. The molecule has 102 valence electrons. The third-order valence-electron chi connectivity index (χ3n) is 2.85. The molecule has 4 heteroatoms. The van der Waals surface area contributed by atoms with Gasteiger partial charge in [-0.05, 0) is 36.8 Å². The monoisotopic (exact) mass is 269 g/mol. The van der Waals surface area contributed by atoms with E-state index in [-0.39, 0.29) is 0 Å². The quantitative estimate of drug-likeness (QED) is 0.849. The van der Waals surface area contributed by atoms with Gasteiger partial charge in [-0.3, -0.25) is 0 Å². The highest BCUT2D eigenvalue weighted by molar-refractivity contribution is 5.55. The van der Waals surface area contributed by atoms with Crippen LogP contribution in [-0.2, 0) is 0 Å². The van der Waals surface area contributed by atoms with Gasteiger partial charge in [0, 0.05) is 0 Å². The summed E-state index contributed by atoms with van der Waals surface area (Å²) in [4.78, 5) is 0. The average Bonchev–Trinajstić information content (AvgIpc) is 2.49. The SMILES string of the molecule is COc1cccc(OC)c1Oc1ccc(C)cc1C#N. The Labute approximate surface area is 118 Å². The minimum atomic E-state index is 0.456. The summed E-state index contributed by atoms with van der Waals surface area (Å²) in [7, 11) is 3.12. The van der Waals surface area contributed by atoms with Crippen molar-refractivity contribution in [1.82, 2.24) is 0 Å². The van der Waals surface area contributed by atoms with Crippen LogP contribution in [0.15, 0.2) is 36.4 Å². The molecule has 0 bridgehead atoms. The number of methoxy groups -OCH3 is 2. The molecule has 0 heterocycles. The van der Waals surface area contributed by atoms with Crippen LogP contribution in [0, 0.1) is 18.3 Å². The Bertz CT molecular complexity index is 637. The highest BCUT2D eigenvalue weighted by Gasteiger charge is 2.14. The van der Waals surface area contributed by atoms with E-state index in [1.54, 1.807) is 38.5 Å². The van der Waals surface area contributed by atoms with E-state index in [1.807, 2.05) is 19.1 Å². The predicted molar refractivity (Wildman–Crippen MR) is 75.5 cm³/mol. The highest BCUT2D eigenvalue weighted by atomic mass is 16.5. The molecule has 0 spiro atoms. The predicted octanol–water partition coefficient (Wildman–Crippen LogP) is 3.68. The fourth-order valence-corrected chi connectivity index (χ4v) is 1.85. The summed E-state index contributed by atoms with van der Waals surface area (Å²) in [6.07, 6.45) is 0. The fraction of sp³-hybridized carbons (Fsp3) is 0.188. The second kappa shape index (κ2) is 5.98. The molecule has 4 nitrogen and oxygen atoms in total. The Balaban J connectivity index is 2.47. The van der Waals surface area contributed by atoms with E-state index in [1.165, 1.54) is 0 Å². The van der Waals surface area contributed by atoms with E-state index < -0.39 is 0 Å². The summed E-state index contributed by atoms with van der Waals surface area (Å²) in [5, 5.41) is 9.18. The second-order valence-electron chi connectivity index (χ2n) is 4.21. The van der Waals surface area contributed by atoms with Crippen LogP contribution in [0.4, 0.5) is 0 Å². The van der Waals surface area contributed by atoms with E-state index >= 15 is 0 Å². The Morgan fingerprint density at radius 2 is 1.60 bits per heavy atom. The molecule has 20 heavy (non-hydrogen) atoms. The molecule has 0 radical (unpaired) electrons. The van der Waals surface area contributed by atoms with Crippen molar-refractivity contribution >= 4 is 0 Å². The molecule has 0 unspecified atom stereocenters. The topological polar surface area (TPSA) is 51.5 Å². The lowest BCUT2D eigenvalue weighted by Gasteiger charge is -2.14. The van der Waals surface area contributed by atoms with Gasteiger partial charge in [-0.15, -0.1) is 0 Å². The lowest BCUT2D eigenvalue weighted by Crippen LogP contribution is -1.96. The Kier molecular flexibility index (Phi) is 4.11. The van der Waals surface area contributed by atoms with Crippen LogP contribution in [0.1, 0.15) is 11.1 Å². The van der Waals surface area contributed by atoms with Crippen LogP contribution < -0.4 is 14.2 Å². The highest BCUT2D eigenvalue weighted by Crippen LogP contribution is 2.40. The van der Waals surface area contributed by atoms with Crippen molar-refractivity contribution in [3.05, 3.63) is 47.5 Å².